The molecule has 0 aliphatic carbocycles. The molecule has 1 aromatic heterocycles. The van der Waals surface area contributed by atoms with Gasteiger partial charge >= 0.3 is 6.09 Å². The van der Waals surface area contributed by atoms with E-state index in [0.29, 0.717) is 0 Å². The predicted octanol–water partition coefficient (Wildman–Crippen LogP) is 4.27. The van der Waals surface area contributed by atoms with Gasteiger partial charge in [-0.15, -0.1) is 0 Å². The number of methoxy groups -OCH3 is 1. The summed E-state index contributed by atoms with van der Waals surface area (Å²) in [5.74, 6) is 0.591. The number of aromatic amines is 1. The van der Waals surface area contributed by atoms with Crippen molar-refractivity contribution in [3.63, 3.8) is 0 Å². The SMILES string of the molecule is COC(=O)N[C@H](C(=O)N1[C@@H](C)CC[C@H]1c1ncc(-c2ccc(Br)cc2)[nH]1)C(C)C. The van der Waals surface area contributed by atoms with Crippen LogP contribution in [0.25, 0.3) is 11.3 Å². The topological polar surface area (TPSA) is 87.3 Å². The quantitative estimate of drug-likeness (QED) is 0.694. The third kappa shape index (κ3) is 4.63. The molecule has 1 aliphatic rings. The van der Waals surface area contributed by atoms with E-state index in [1.165, 1.54) is 7.11 Å². The van der Waals surface area contributed by atoms with Crippen molar-refractivity contribution in [2.24, 2.45) is 5.92 Å². The van der Waals surface area contributed by atoms with Crippen LogP contribution in [0.2, 0.25) is 0 Å². The summed E-state index contributed by atoms with van der Waals surface area (Å²) < 4.78 is 5.71. The number of imidazole rings is 1. The molecular weight excluding hydrogens is 436 g/mol. The number of benzene rings is 1. The number of aromatic nitrogens is 2. The van der Waals surface area contributed by atoms with Crippen LogP contribution < -0.4 is 5.32 Å². The zero-order valence-corrected chi connectivity index (χ0v) is 18.7. The summed E-state index contributed by atoms with van der Waals surface area (Å²) in [5.41, 5.74) is 1.94. The van der Waals surface area contributed by atoms with Gasteiger partial charge in [-0.05, 0) is 43.4 Å². The van der Waals surface area contributed by atoms with Crippen LogP contribution in [0, 0.1) is 5.92 Å². The number of amides is 2. The fraction of sp³-hybridized carbons (Fsp3) is 0.476. The standard InChI is InChI=1S/C21H27BrN4O3/c1-12(2)18(25-21(28)29-4)20(27)26-13(3)5-10-17(26)19-23-11-16(24-19)14-6-8-15(22)9-7-14/h6-9,11-13,17-18H,5,10H2,1-4H3,(H,23,24)(H,25,28)/t13-,17-,18-/m0/s1. The second-order valence-electron chi connectivity index (χ2n) is 7.73. The van der Waals surface area contributed by atoms with Crippen LogP contribution in [-0.4, -0.2) is 46.1 Å². The molecule has 2 heterocycles. The number of nitrogens with zero attached hydrogens (tertiary/aromatic N) is 2. The summed E-state index contributed by atoms with van der Waals surface area (Å²) in [6.07, 6.45) is 2.91. The molecule has 1 aliphatic heterocycles. The number of ether oxygens (including phenoxy) is 1. The molecule has 1 fully saturated rings. The van der Waals surface area contributed by atoms with E-state index in [1.807, 2.05) is 49.9 Å². The molecule has 2 aromatic rings. The summed E-state index contributed by atoms with van der Waals surface area (Å²) >= 11 is 3.45. The molecule has 0 radical (unpaired) electrons. The van der Waals surface area contributed by atoms with E-state index >= 15 is 0 Å². The van der Waals surface area contributed by atoms with Crippen molar-refractivity contribution in [1.82, 2.24) is 20.2 Å². The van der Waals surface area contributed by atoms with Gasteiger partial charge in [0.05, 0.1) is 25.0 Å². The van der Waals surface area contributed by atoms with Crippen molar-refractivity contribution in [2.45, 2.75) is 51.7 Å². The van der Waals surface area contributed by atoms with Gasteiger partial charge in [0, 0.05) is 10.5 Å². The molecule has 2 amide bonds. The maximum absolute atomic E-state index is 13.4. The zero-order valence-electron chi connectivity index (χ0n) is 17.1. The first kappa shape index (κ1) is 21.4. The van der Waals surface area contributed by atoms with Gasteiger partial charge in [-0.1, -0.05) is 41.9 Å². The van der Waals surface area contributed by atoms with Crippen molar-refractivity contribution in [3.8, 4) is 11.3 Å². The van der Waals surface area contributed by atoms with Gasteiger partial charge < -0.3 is 19.9 Å². The van der Waals surface area contributed by atoms with Crippen molar-refractivity contribution in [2.75, 3.05) is 7.11 Å². The van der Waals surface area contributed by atoms with E-state index in [0.717, 1.165) is 34.4 Å². The Morgan fingerprint density at radius 1 is 1.28 bits per heavy atom. The molecule has 0 unspecified atom stereocenters. The average Bonchev–Trinajstić information content (AvgIpc) is 3.32. The Morgan fingerprint density at radius 2 is 1.97 bits per heavy atom. The Hall–Kier alpha value is -2.35. The van der Waals surface area contributed by atoms with Crippen LogP contribution >= 0.6 is 15.9 Å². The van der Waals surface area contributed by atoms with Gasteiger partial charge in [-0.25, -0.2) is 9.78 Å². The third-order valence-electron chi connectivity index (χ3n) is 5.38. The van der Waals surface area contributed by atoms with Gasteiger partial charge in [-0.2, -0.15) is 0 Å². The molecule has 1 aromatic carbocycles. The molecule has 7 nitrogen and oxygen atoms in total. The minimum absolute atomic E-state index is 0.0643. The number of halogens is 1. The van der Waals surface area contributed by atoms with Crippen LogP contribution in [-0.2, 0) is 9.53 Å². The molecular formula is C21H27BrN4O3. The molecule has 3 rings (SSSR count). The lowest BCUT2D eigenvalue weighted by Crippen LogP contribution is -2.52. The van der Waals surface area contributed by atoms with Gasteiger partial charge in [0.1, 0.15) is 11.9 Å². The highest BCUT2D eigenvalue weighted by molar-refractivity contribution is 9.10. The Labute approximate surface area is 179 Å². The summed E-state index contributed by atoms with van der Waals surface area (Å²) in [6.45, 7) is 5.85. The normalized spacial score (nSPS) is 20.0. The first-order chi connectivity index (χ1) is 13.8. The van der Waals surface area contributed by atoms with Crippen LogP contribution in [0.15, 0.2) is 34.9 Å². The van der Waals surface area contributed by atoms with Crippen LogP contribution in [0.1, 0.15) is 45.5 Å². The number of hydrogen-bond acceptors (Lipinski definition) is 4. The number of hydrogen-bond donors (Lipinski definition) is 2. The fourth-order valence-electron chi connectivity index (χ4n) is 3.77. The Morgan fingerprint density at radius 3 is 2.59 bits per heavy atom. The van der Waals surface area contributed by atoms with E-state index in [9.17, 15) is 9.59 Å². The largest absolute Gasteiger partial charge is 0.453 e. The Bertz CT molecular complexity index is 865. The summed E-state index contributed by atoms with van der Waals surface area (Å²) in [4.78, 5) is 34.9. The number of alkyl carbamates (subject to hydrolysis) is 1. The highest BCUT2D eigenvalue weighted by Gasteiger charge is 2.41. The maximum atomic E-state index is 13.4. The smallest absolute Gasteiger partial charge is 0.407 e. The van der Waals surface area contributed by atoms with E-state index in [1.54, 1.807) is 6.20 Å². The first-order valence-electron chi connectivity index (χ1n) is 9.79. The zero-order chi connectivity index (χ0) is 21.1. The monoisotopic (exact) mass is 462 g/mol. The molecule has 1 saturated heterocycles. The molecule has 8 heteroatoms. The number of likely N-dealkylation sites (tertiary alicyclic amines) is 1. The third-order valence-corrected chi connectivity index (χ3v) is 5.91. The van der Waals surface area contributed by atoms with Gasteiger partial charge in [0.25, 0.3) is 0 Å². The molecule has 29 heavy (non-hydrogen) atoms. The van der Waals surface area contributed by atoms with Gasteiger partial charge in [-0.3, -0.25) is 4.79 Å². The fourth-order valence-corrected chi connectivity index (χ4v) is 4.03. The second kappa shape index (κ2) is 8.98. The molecule has 0 saturated carbocycles. The molecule has 0 bridgehead atoms. The lowest BCUT2D eigenvalue weighted by Gasteiger charge is -2.32. The van der Waals surface area contributed by atoms with Gasteiger partial charge in [0.15, 0.2) is 0 Å². The van der Waals surface area contributed by atoms with E-state index in [2.05, 4.69) is 31.2 Å². The predicted molar refractivity (Wildman–Crippen MR) is 114 cm³/mol. The minimum Gasteiger partial charge on any atom is -0.453 e. The molecule has 0 spiro atoms. The summed E-state index contributed by atoms with van der Waals surface area (Å²) in [5, 5.41) is 2.68. The highest BCUT2D eigenvalue weighted by Crippen LogP contribution is 2.36. The van der Waals surface area contributed by atoms with Crippen LogP contribution in [0.3, 0.4) is 0 Å². The van der Waals surface area contributed by atoms with Crippen molar-refractivity contribution < 1.29 is 14.3 Å². The van der Waals surface area contributed by atoms with Crippen LogP contribution in [0.4, 0.5) is 4.79 Å². The average molecular weight is 463 g/mol. The molecule has 3 atom stereocenters. The lowest BCUT2D eigenvalue weighted by atomic mass is 10.0. The van der Waals surface area contributed by atoms with Crippen molar-refractivity contribution >= 4 is 27.9 Å². The number of carbonyl (C=O) groups is 2. The second-order valence-corrected chi connectivity index (χ2v) is 8.65. The maximum Gasteiger partial charge on any atom is 0.407 e. The molecule has 156 valence electrons. The number of H-pyrrole nitrogens is 1. The Kier molecular flexibility index (Phi) is 6.62. The summed E-state index contributed by atoms with van der Waals surface area (Å²) in [7, 11) is 1.30. The highest BCUT2D eigenvalue weighted by atomic mass is 79.9. The van der Waals surface area contributed by atoms with Crippen molar-refractivity contribution in [3.05, 3.63) is 40.8 Å². The van der Waals surface area contributed by atoms with E-state index < -0.39 is 12.1 Å². The first-order valence-corrected chi connectivity index (χ1v) is 10.6. The van der Waals surface area contributed by atoms with E-state index in [-0.39, 0.29) is 23.9 Å². The molecule has 2 N–H and O–H groups in total. The van der Waals surface area contributed by atoms with Gasteiger partial charge in [0.2, 0.25) is 5.91 Å². The lowest BCUT2D eigenvalue weighted by molar-refractivity contribution is -0.137. The number of nitrogens with one attached hydrogen (secondary N) is 2. The van der Waals surface area contributed by atoms with Crippen LogP contribution in [0.5, 0.6) is 0 Å². The minimum atomic E-state index is -0.647. The summed E-state index contributed by atoms with van der Waals surface area (Å²) in [6, 6.07) is 7.25. The Balaban J connectivity index is 1.84. The number of rotatable bonds is 5. The van der Waals surface area contributed by atoms with Crippen molar-refractivity contribution in [1.29, 1.82) is 0 Å². The number of carbonyl (C=O) groups excluding carboxylic acids is 2. The van der Waals surface area contributed by atoms with E-state index in [4.69, 9.17) is 4.74 Å².